The molecule has 0 heterocycles. The summed E-state index contributed by atoms with van der Waals surface area (Å²) in [4.78, 5) is 23.4. The highest BCUT2D eigenvalue weighted by atomic mass is 32.2. The molecule has 0 aliphatic rings. The zero-order chi connectivity index (χ0) is 20.9. The van der Waals surface area contributed by atoms with Gasteiger partial charge in [0, 0.05) is 18.3 Å². The summed E-state index contributed by atoms with van der Waals surface area (Å²) in [6.45, 7) is 4.58. The van der Waals surface area contributed by atoms with Crippen molar-refractivity contribution in [1.29, 1.82) is 0 Å². The predicted molar refractivity (Wildman–Crippen MR) is 107 cm³/mol. The molecule has 0 saturated heterocycles. The highest BCUT2D eigenvalue weighted by Gasteiger charge is 2.22. The third-order valence-electron chi connectivity index (χ3n) is 3.87. The summed E-state index contributed by atoms with van der Waals surface area (Å²) in [5, 5.41) is 5.25. The Morgan fingerprint density at radius 1 is 1.00 bits per heavy atom. The molecule has 0 saturated carbocycles. The standard InChI is InChI=1S/C19H23N3O5S/c1-12-11-17(9-10-18(12)27-4)28(25,26)22-13(2)19(24)21-16-7-5-15(6-8-16)20-14(3)23/h5-11,13,22H,1-4H3,(H,20,23)(H,21,24)/t13-/m1/s1. The number of benzene rings is 2. The van der Waals surface area contributed by atoms with Crippen LogP contribution in [0.1, 0.15) is 19.4 Å². The van der Waals surface area contributed by atoms with Gasteiger partial charge < -0.3 is 15.4 Å². The lowest BCUT2D eigenvalue weighted by molar-refractivity contribution is -0.117. The summed E-state index contributed by atoms with van der Waals surface area (Å²) in [5.74, 6) is -0.137. The van der Waals surface area contributed by atoms with Gasteiger partial charge in [0.05, 0.1) is 18.0 Å². The van der Waals surface area contributed by atoms with Crippen LogP contribution in [0.4, 0.5) is 11.4 Å². The van der Waals surface area contributed by atoms with Crippen LogP contribution in [0.25, 0.3) is 0 Å². The number of methoxy groups -OCH3 is 1. The molecule has 0 aromatic heterocycles. The molecular weight excluding hydrogens is 382 g/mol. The van der Waals surface area contributed by atoms with E-state index in [2.05, 4.69) is 15.4 Å². The average molecular weight is 405 g/mol. The summed E-state index contributed by atoms with van der Waals surface area (Å²) < 4.78 is 32.5. The lowest BCUT2D eigenvalue weighted by Gasteiger charge is -2.15. The van der Waals surface area contributed by atoms with Crippen LogP contribution in [0, 0.1) is 6.92 Å². The maximum absolute atomic E-state index is 12.5. The van der Waals surface area contributed by atoms with Crippen molar-refractivity contribution in [2.75, 3.05) is 17.7 Å². The van der Waals surface area contributed by atoms with E-state index >= 15 is 0 Å². The molecule has 0 spiro atoms. The van der Waals surface area contributed by atoms with E-state index in [4.69, 9.17) is 4.74 Å². The lowest BCUT2D eigenvalue weighted by Crippen LogP contribution is -2.41. The molecule has 8 nitrogen and oxygen atoms in total. The Bertz CT molecular complexity index is 972. The van der Waals surface area contributed by atoms with E-state index < -0.39 is 22.0 Å². The molecule has 150 valence electrons. The number of ether oxygens (including phenoxy) is 1. The molecule has 1 atom stereocenters. The number of sulfonamides is 1. The van der Waals surface area contributed by atoms with Crippen LogP contribution in [0.2, 0.25) is 0 Å². The van der Waals surface area contributed by atoms with Crippen LogP contribution in [-0.4, -0.2) is 33.4 Å². The number of carbonyl (C=O) groups is 2. The summed E-state index contributed by atoms with van der Waals surface area (Å²) in [6, 6.07) is 9.94. The number of anilines is 2. The molecule has 0 unspecified atom stereocenters. The third kappa shape index (κ3) is 5.54. The molecule has 0 aliphatic carbocycles. The molecule has 0 aliphatic heterocycles. The summed E-state index contributed by atoms with van der Waals surface area (Å²) in [5.41, 5.74) is 1.74. The van der Waals surface area contributed by atoms with E-state index in [9.17, 15) is 18.0 Å². The van der Waals surface area contributed by atoms with Crippen molar-refractivity contribution < 1.29 is 22.7 Å². The first-order valence-corrected chi connectivity index (χ1v) is 9.96. The number of carbonyl (C=O) groups excluding carboxylic acids is 2. The van der Waals surface area contributed by atoms with Gasteiger partial charge in [-0.15, -0.1) is 0 Å². The summed E-state index contributed by atoms with van der Waals surface area (Å²) >= 11 is 0. The minimum atomic E-state index is -3.88. The van der Waals surface area contributed by atoms with Gasteiger partial charge in [-0.05, 0) is 61.9 Å². The fourth-order valence-electron chi connectivity index (χ4n) is 2.46. The molecule has 28 heavy (non-hydrogen) atoms. The molecule has 2 aromatic rings. The predicted octanol–water partition coefficient (Wildman–Crippen LogP) is 2.27. The molecule has 0 bridgehead atoms. The molecule has 2 aromatic carbocycles. The molecule has 2 rings (SSSR count). The third-order valence-corrected chi connectivity index (χ3v) is 5.41. The maximum Gasteiger partial charge on any atom is 0.242 e. The Balaban J connectivity index is 2.04. The van der Waals surface area contributed by atoms with Gasteiger partial charge in [0.2, 0.25) is 21.8 Å². The van der Waals surface area contributed by atoms with Crippen molar-refractivity contribution in [2.24, 2.45) is 0 Å². The quantitative estimate of drug-likeness (QED) is 0.654. The Morgan fingerprint density at radius 2 is 1.57 bits per heavy atom. The number of amides is 2. The molecule has 0 fully saturated rings. The van der Waals surface area contributed by atoms with Crippen molar-refractivity contribution in [3.8, 4) is 5.75 Å². The van der Waals surface area contributed by atoms with E-state index in [-0.39, 0.29) is 10.8 Å². The lowest BCUT2D eigenvalue weighted by atomic mass is 10.2. The van der Waals surface area contributed by atoms with Gasteiger partial charge in [0.1, 0.15) is 5.75 Å². The highest BCUT2D eigenvalue weighted by molar-refractivity contribution is 7.89. The number of hydrogen-bond donors (Lipinski definition) is 3. The minimum Gasteiger partial charge on any atom is -0.496 e. The van der Waals surface area contributed by atoms with Crippen molar-refractivity contribution in [3.05, 3.63) is 48.0 Å². The Morgan fingerprint density at radius 3 is 2.07 bits per heavy atom. The highest BCUT2D eigenvalue weighted by Crippen LogP contribution is 2.21. The summed E-state index contributed by atoms with van der Waals surface area (Å²) in [7, 11) is -2.37. The van der Waals surface area contributed by atoms with Crippen LogP contribution in [0.5, 0.6) is 5.75 Å². The first kappa shape index (κ1) is 21.4. The van der Waals surface area contributed by atoms with Gasteiger partial charge in [0.25, 0.3) is 0 Å². The molecule has 2 amide bonds. The first-order valence-electron chi connectivity index (χ1n) is 8.48. The Kier molecular flexibility index (Phi) is 6.76. The van der Waals surface area contributed by atoms with Crippen LogP contribution < -0.4 is 20.1 Å². The number of hydrogen-bond acceptors (Lipinski definition) is 5. The fourth-order valence-corrected chi connectivity index (χ4v) is 3.75. The van der Waals surface area contributed by atoms with E-state index in [1.807, 2.05) is 0 Å². The number of aryl methyl sites for hydroxylation is 1. The van der Waals surface area contributed by atoms with Crippen molar-refractivity contribution in [1.82, 2.24) is 4.72 Å². The van der Waals surface area contributed by atoms with Crippen LogP contribution in [0.15, 0.2) is 47.4 Å². The monoisotopic (exact) mass is 405 g/mol. The molecule has 0 radical (unpaired) electrons. The summed E-state index contributed by atoms with van der Waals surface area (Å²) in [6.07, 6.45) is 0. The average Bonchev–Trinajstić information content (AvgIpc) is 2.62. The van der Waals surface area contributed by atoms with E-state index in [1.165, 1.54) is 33.1 Å². The normalized spacial score (nSPS) is 12.1. The van der Waals surface area contributed by atoms with Crippen molar-refractivity contribution in [3.63, 3.8) is 0 Å². The zero-order valence-electron chi connectivity index (χ0n) is 16.1. The molecule has 9 heteroatoms. The SMILES string of the molecule is COc1ccc(S(=O)(=O)N[C@H](C)C(=O)Nc2ccc(NC(C)=O)cc2)cc1C. The topological polar surface area (TPSA) is 114 Å². The van der Waals surface area contributed by atoms with Gasteiger partial charge in [-0.2, -0.15) is 4.72 Å². The first-order chi connectivity index (χ1) is 13.1. The van der Waals surface area contributed by atoms with Gasteiger partial charge in [-0.3, -0.25) is 9.59 Å². The number of rotatable bonds is 7. The van der Waals surface area contributed by atoms with Gasteiger partial charge in [-0.1, -0.05) is 0 Å². The molecule has 3 N–H and O–H groups in total. The van der Waals surface area contributed by atoms with Crippen molar-refractivity contribution in [2.45, 2.75) is 31.7 Å². The maximum atomic E-state index is 12.5. The second-order valence-electron chi connectivity index (χ2n) is 6.22. The second-order valence-corrected chi connectivity index (χ2v) is 7.94. The zero-order valence-corrected chi connectivity index (χ0v) is 16.9. The van der Waals surface area contributed by atoms with Crippen LogP contribution in [-0.2, 0) is 19.6 Å². The van der Waals surface area contributed by atoms with Crippen LogP contribution >= 0.6 is 0 Å². The Hall–Kier alpha value is -2.91. The Labute approximate surface area is 164 Å². The van der Waals surface area contributed by atoms with Gasteiger partial charge in [0.15, 0.2) is 0 Å². The van der Waals surface area contributed by atoms with Crippen LogP contribution in [0.3, 0.4) is 0 Å². The van der Waals surface area contributed by atoms with Gasteiger partial charge in [-0.25, -0.2) is 8.42 Å². The molecular formula is C19H23N3O5S. The van der Waals surface area contributed by atoms with E-state index in [1.54, 1.807) is 37.3 Å². The smallest absolute Gasteiger partial charge is 0.242 e. The fraction of sp³-hybridized carbons (Fsp3) is 0.263. The van der Waals surface area contributed by atoms with Crippen molar-refractivity contribution >= 4 is 33.2 Å². The van der Waals surface area contributed by atoms with Gasteiger partial charge >= 0.3 is 0 Å². The van der Waals surface area contributed by atoms with E-state index in [0.29, 0.717) is 22.7 Å². The second kappa shape index (κ2) is 8.85. The largest absolute Gasteiger partial charge is 0.496 e. The van der Waals surface area contributed by atoms with E-state index in [0.717, 1.165) is 0 Å². The number of nitrogens with one attached hydrogen (secondary N) is 3. The minimum absolute atomic E-state index is 0.0464.